The maximum Gasteiger partial charge on any atom is 0.354 e. The summed E-state index contributed by atoms with van der Waals surface area (Å²) in [4.78, 5) is 14.9. The number of hydrogen-bond donors (Lipinski definition) is 2. The zero-order valence-electron chi connectivity index (χ0n) is 11.3. The second-order valence-electron chi connectivity index (χ2n) is 5.19. The molecular weight excluding hydrogens is 244 g/mol. The lowest BCUT2D eigenvalue weighted by molar-refractivity contribution is -0.0495. The van der Waals surface area contributed by atoms with Crippen LogP contribution >= 0.6 is 0 Å². The van der Waals surface area contributed by atoms with Crippen LogP contribution in [-0.4, -0.2) is 34.8 Å². The summed E-state index contributed by atoms with van der Waals surface area (Å²) >= 11 is 0. The summed E-state index contributed by atoms with van der Waals surface area (Å²) in [5, 5.41) is 12.1. The predicted molar refractivity (Wildman–Crippen MR) is 72.4 cm³/mol. The summed E-state index contributed by atoms with van der Waals surface area (Å²) in [5.74, 6) is 0.151. The lowest BCUT2D eigenvalue weighted by Crippen LogP contribution is -2.32. The van der Waals surface area contributed by atoms with Crippen LogP contribution in [0, 0.1) is 5.92 Å². The highest BCUT2D eigenvalue weighted by Gasteiger charge is 2.24. The molecule has 1 fully saturated rings. The number of ether oxygens (including phenoxy) is 1. The van der Waals surface area contributed by atoms with Crippen molar-refractivity contribution in [3.63, 3.8) is 0 Å². The van der Waals surface area contributed by atoms with Crippen LogP contribution < -0.4 is 5.32 Å². The van der Waals surface area contributed by atoms with Gasteiger partial charge in [-0.1, -0.05) is 6.07 Å². The first-order valence-electron chi connectivity index (χ1n) is 6.64. The minimum atomic E-state index is -1.00. The fraction of sp³-hybridized carbons (Fsp3) is 0.571. The number of anilines is 1. The van der Waals surface area contributed by atoms with Crippen molar-refractivity contribution < 1.29 is 14.6 Å². The number of nitrogens with zero attached hydrogens (tertiary/aromatic N) is 1. The van der Waals surface area contributed by atoms with Gasteiger partial charge in [0.1, 0.15) is 5.82 Å². The fourth-order valence-electron chi connectivity index (χ4n) is 2.61. The number of aromatic nitrogens is 1. The maximum atomic E-state index is 10.8. The van der Waals surface area contributed by atoms with Gasteiger partial charge in [0.2, 0.25) is 0 Å². The molecule has 0 amide bonds. The van der Waals surface area contributed by atoms with Crippen LogP contribution in [0.3, 0.4) is 0 Å². The first-order chi connectivity index (χ1) is 9.04. The predicted octanol–water partition coefficient (Wildman–Crippen LogP) is 2.40. The lowest BCUT2D eigenvalue weighted by atomic mass is 9.92. The van der Waals surface area contributed by atoms with E-state index in [1.165, 1.54) is 6.07 Å². The van der Waals surface area contributed by atoms with Gasteiger partial charge < -0.3 is 15.2 Å². The number of carboxylic acids is 1. The Morgan fingerprint density at radius 3 is 2.74 bits per heavy atom. The van der Waals surface area contributed by atoms with Gasteiger partial charge in [0.15, 0.2) is 5.69 Å². The molecule has 19 heavy (non-hydrogen) atoms. The minimum absolute atomic E-state index is 0.0683. The summed E-state index contributed by atoms with van der Waals surface area (Å²) < 4.78 is 5.70. The number of hydrogen-bond acceptors (Lipinski definition) is 4. The van der Waals surface area contributed by atoms with Crippen molar-refractivity contribution in [1.82, 2.24) is 4.98 Å². The highest BCUT2D eigenvalue weighted by Crippen LogP contribution is 2.24. The Kier molecular flexibility index (Phi) is 4.37. The maximum absolute atomic E-state index is 10.8. The van der Waals surface area contributed by atoms with Crippen LogP contribution in [0.4, 0.5) is 5.82 Å². The molecule has 1 saturated heterocycles. The van der Waals surface area contributed by atoms with E-state index in [4.69, 9.17) is 9.84 Å². The third kappa shape index (κ3) is 3.92. The van der Waals surface area contributed by atoms with Crippen molar-refractivity contribution in [2.75, 3.05) is 11.9 Å². The van der Waals surface area contributed by atoms with Crippen molar-refractivity contribution >= 4 is 11.8 Å². The van der Waals surface area contributed by atoms with Gasteiger partial charge in [-0.2, -0.15) is 0 Å². The van der Waals surface area contributed by atoms with Gasteiger partial charge in [0.25, 0.3) is 0 Å². The van der Waals surface area contributed by atoms with Crippen LogP contribution in [0.5, 0.6) is 0 Å². The molecule has 1 aliphatic heterocycles. The standard InChI is InChI=1S/C14H20N2O3/c1-9-6-11(7-10(2)19-9)8-15-13-5-3-4-12(16-13)14(17)18/h3-5,9-11H,6-8H2,1-2H3,(H,15,16)(H,17,18). The van der Waals surface area contributed by atoms with Crippen LogP contribution in [0.2, 0.25) is 0 Å². The second-order valence-corrected chi connectivity index (χ2v) is 5.19. The smallest absolute Gasteiger partial charge is 0.354 e. The number of carbonyl (C=O) groups is 1. The van der Waals surface area contributed by atoms with Crippen LogP contribution in [0.1, 0.15) is 37.2 Å². The van der Waals surface area contributed by atoms with E-state index in [0.717, 1.165) is 19.4 Å². The average Bonchev–Trinajstić information content (AvgIpc) is 2.35. The summed E-state index contributed by atoms with van der Waals surface area (Å²) in [5.41, 5.74) is 0.0683. The van der Waals surface area contributed by atoms with Crippen LogP contribution in [0.25, 0.3) is 0 Å². The molecule has 0 aromatic carbocycles. The minimum Gasteiger partial charge on any atom is -0.477 e. The van der Waals surface area contributed by atoms with Crippen molar-refractivity contribution in [2.45, 2.75) is 38.9 Å². The van der Waals surface area contributed by atoms with E-state index in [0.29, 0.717) is 11.7 Å². The van der Waals surface area contributed by atoms with E-state index in [1.54, 1.807) is 12.1 Å². The SMILES string of the molecule is CC1CC(CNc2cccc(C(=O)O)n2)CC(C)O1. The van der Waals surface area contributed by atoms with Crippen LogP contribution in [0.15, 0.2) is 18.2 Å². The quantitative estimate of drug-likeness (QED) is 0.873. The van der Waals surface area contributed by atoms with Crippen molar-refractivity contribution in [1.29, 1.82) is 0 Å². The third-order valence-electron chi connectivity index (χ3n) is 3.34. The summed E-state index contributed by atoms with van der Waals surface area (Å²) in [6.45, 7) is 4.98. The third-order valence-corrected chi connectivity index (χ3v) is 3.34. The number of rotatable bonds is 4. The second kappa shape index (κ2) is 6.02. The summed E-state index contributed by atoms with van der Waals surface area (Å²) in [6.07, 6.45) is 2.62. The van der Waals surface area contributed by atoms with E-state index < -0.39 is 5.97 Å². The zero-order chi connectivity index (χ0) is 13.8. The van der Waals surface area contributed by atoms with E-state index in [-0.39, 0.29) is 17.9 Å². The molecule has 0 saturated carbocycles. The first kappa shape index (κ1) is 13.8. The summed E-state index contributed by atoms with van der Waals surface area (Å²) in [6, 6.07) is 4.98. The van der Waals surface area contributed by atoms with E-state index in [2.05, 4.69) is 24.1 Å². The molecule has 5 heteroatoms. The van der Waals surface area contributed by atoms with Crippen molar-refractivity contribution in [3.8, 4) is 0 Å². The largest absolute Gasteiger partial charge is 0.477 e. The van der Waals surface area contributed by atoms with Gasteiger partial charge in [0.05, 0.1) is 12.2 Å². The number of aromatic carboxylic acids is 1. The Morgan fingerprint density at radius 2 is 2.11 bits per heavy atom. The Morgan fingerprint density at radius 1 is 1.42 bits per heavy atom. The Hall–Kier alpha value is -1.62. The van der Waals surface area contributed by atoms with E-state index in [1.807, 2.05) is 0 Å². The highest BCUT2D eigenvalue weighted by molar-refractivity contribution is 5.85. The lowest BCUT2D eigenvalue weighted by Gasteiger charge is -2.32. The highest BCUT2D eigenvalue weighted by atomic mass is 16.5. The molecule has 2 rings (SSSR count). The van der Waals surface area contributed by atoms with Gasteiger partial charge in [-0.25, -0.2) is 9.78 Å². The molecule has 0 radical (unpaired) electrons. The molecule has 1 aliphatic rings. The van der Waals surface area contributed by atoms with Gasteiger partial charge in [-0.15, -0.1) is 0 Å². The fourth-order valence-corrected chi connectivity index (χ4v) is 2.61. The van der Waals surface area contributed by atoms with E-state index in [9.17, 15) is 4.79 Å². The first-order valence-corrected chi connectivity index (χ1v) is 6.64. The van der Waals surface area contributed by atoms with Gasteiger partial charge in [0, 0.05) is 6.54 Å². The molecule has 104 valence electrons. The molecule has 2 atom stereocenters. The Bertz CT molecular complexity index is 440. The summed E-state index contributed by atoms with van der Waals surface area (Å²) in [7, 11) is 0. The van der Waals surface area contributed by atoms with Gasteiger partial charge >= 0.3 is 5.97 Å². The molecule has 5 nitrogen and oxygen atoms in total. The molecule has 2 unspecified atom stereocenters. The van der Waals surface area contributed by atoms with Crippen molar-refractivity contribution in [2.24, 2.45) is 5.92 Å². The molecule has 1 aromatic rings. The molecule has 0 aliphatic carbocycles. The molecule has 2 N–H and O–H groups in total. The number of carboxylic acid groups (broad SMARTS) is 1. The number of pyridine rings is 1. The molecule has 0 spiro atoms. The molecular formula is C14H20N2O3. The number of nitrogens with one attached hydrogen (secondary N) is 1. The average molecular weight is 264 g/mol. The van der Waals surface area contributed by atoms with Crippen molar-refractivity contribution in [3.05, 3.63) is 23.9 Å². The zero-order valence-corrected chi connectivity index (χ0v) is 11.3. The Labute approximate surface area is 113 Å². The normalized spacial score (nSPS) is 26.9. The van der Waals surface area contributed by atoms with Gasteiger partial charge in [-0.3, -0.25) is 0 Å². The van der Waals surface area contributed by atoms with E-state index >= 15 is 0 Å². The van der Waals surface area contributed by atoms with Crippen LogP contribution in [-0.2, 0) is 4.74 Å². The molecule has 1 aromatic heterocycles. The Balaban J connectivity index is 1.91. The molecule has 2 heterocycles. The van der Waals surface area contributed by atoms with Gasteiger partial charge in [-0.05, 0) is 44.7 Å². The molecule has 0 bridgehead atoms. The monoisotopic (exact) mass is 264 g/mol. The topological polar surface area (TPSA) is 71.5 Å².